The van der Waals surface area contributed by atoms with Crippen LogP contribution in [0, 0.1) is 5.92 Å². The molecule has 0 aromatic carbocycles. The van der Waals surface area contributed by atoms with Gasteiger partial charge in [-0.25, -0.2) is 0 Å². The van der Waals surface area contributed by atoms with Crippen molar-refractivity contribution in [3.63, 3.8) is 0 Å². The summed E-state index contributed by atoms with van der Waals surface area (Å²) in [7, 11) is 0. The molecule has 3 N–H and O–H groups in total. The minimum Gasteiger partial charge on any atom is -0.271 e. The molecule has 0 fully saturated rings. The van der Waals surface area contributed by atoms with Crippen molar-refractivity contribution in [2.45, 2.75) is 46.1 Å². The van der Waals surface area contributed by atoms with Gasteiger partial charge in [0.1, 0.15) is 0 Å². The second-order valence-electron chi connectivity index (χ2n) is 3.28. The minimum atomic E-state index is 0.519. The van der Waals surface area contributed by atoms with Crippen molar-refractivity contribution in [2.75, 3.05) is 0 Å². The molecule has 0 aliphatic rings. The fourth-order valence-electron chi connectivity index (χ4n) is 1.19. The van der Waals surface area contributed by atoms with Gasteiger partial charge in [-0.15, -0.1) is 0 Å². The number of hydrogen-bond donors (Lipinski definition) is 2. The zero-order chi connectivity index (χ0) is 7.98. The molecular weight excluding hydrogens is 124 g/mol. The Morgan fingerprint density at radius 1 is 1.40 bits per heavy atom. The van der Waals surface area contributed by atoms with Crippen LogP contribution in [0.5, 0.6) is 0 Å². The Labute approximate surface area is 64.2 Å². The van der Waals surface area contributed by atoms with Crippen LogP contribution in [-0.2, 0) is 0 Å². The average molecular weight is 144 g/mol. The first-order valence-corrected chi connectivity index (χ1v) is 4.16. The van der Waals surface area contributed by atoms with Gasteiger partial charge < -0.3 is 0 Å². The molecule has 1 unspecified atom stereocenters. The molecular formula is C8H20N2. The number of nitrogens with one attached hydrogen (secondary N) is 1. The molecule has 0 heterocycles. The third-order valence-corrected chi connectivity index (χ3v) is 1.63. The summed E-state index contributed by atoms with van der Waals surface area (Å²) < 4.78 is 0. The van der Waals surface area contributed by atoms with Gasteiger partial charge in [-0.05, 0) is 18.8 Å². The van der Waals surface area contributed by atoms with E-state index in [0.717, 1.165) is 5.92 Å². The first-order valence-electron chi connectivity index (χ1n) is 4.16. The zero-order valence-electron chi connectivity index (χ0n) is 7.35. The van der Waals surface area contributed by atoms with Crippen LogP contribution in [0.2, 0.25) is 0 Å². The Morgan fingerprint density at radius 2 is 2.00 bits per heavy atom. The van der Waals surface area contributed by atoms with Crippen LogP contribution in [0.3, 0.4) is 0 Å². The maximum atomic E-state index is 5.36. The van der Waals surface area contributed by atoms with Crippen molar-refractivity contribution >= 4 is 0 Å². The molecule has 2 heteroatoms. The Bertz CT molecular complexity index is 71.7. The molecule has 1 atom stereocenters. The molecule has 0 radical (unpaired) electrons. The largest absolute Gasteiger partial charge is 0.271 e. The summed E-state index contributed by atoms with van der Waals surface area (Å²) in [4.78, 5) is 0. The van der Waals surface area contributed by atoms with E-state index in [-0.39, 0.29) is 0 Å². The van der Waals surface area contributed by atoms with E-state index in [2.05, 4.69) is 26.2 Å². The van der Waals surface area contributed by atoms with E-state index in [1.807, 2.05) is 0 Å². The van der Waals surface area contributed by atoms with Crippen molar-refractivity contribution in [1.29, 1.82) is 0 Å². The lowest BCUT2D eigenvalue weighted by Gasteiger charge is -2.16. The highest BCUT2D eigenvalue weighted by atomic mass is 15.2. The quantitative estimate of drug-likeness (QED) is 0.455. The van der Waals surface area contributed by atoms with Crippen LogP contribution >= 0.6 is 0 Å². The molecule has 0 amide bonds. The summed E-state index contributed by atoms with van der Waals surface area (Å²) in [6, 6.07) is 0.519. The first-order chi connectivity index (χ1) is 4.70. The number of rotatable bonds is 5. The van der Waals surface area contributed by atoms with Crippen LogP contribution in [0.25, 0.3) is 0 Å². The van der Waals surface area contributed by atoms with Gasteiger partial charge in [-0.3, -0.25) is 11.3 Å². The lowest BCUT2D eigenvalue weighted by atomic mass is 10.0. The molecule has 0 spiro atoms. The van der Waals surface area contributed by atoms with Crippen molar-refractivity contribution in [1.82, 2.24) is 5.43 Å². The summed E-state index contributed by atoms with van der Waals surface area (Å²) in [6.07, 6.45) is 3.58. The molecule has 0 bridgehead atoms. The van der Waals surface area contributed by atoms with Gasteiger partial charge in [-0.1, -0.05) is 27.2 Å². The molecule has 2 nitrogen and oxygen atoms in total. The molecule has 62 valence electrons. The van der Waals surface area contributed by atoms with Gasteiger partial charge in [0.15, 0.2) is 0 Å². The van der Waals surface area contributed by atoms with Crippen LogP contribution in [0.1, 0.15) is 40.0 Å². The molecule has 0 rings (SSSR count). The topological polar surface area (TPSA) is 38.0 Å². The first kappa shape index (κ1) is 9.92. The maximum Gasteiger partial charge on any atom is 0.0212 e. The van der Waals surface area contributed by atoms with Crippen molar-refractivity contribution in [3.8, 4) is 0 Å². The number of hydrazine groups is 1. The summed E-state index contributed by atoms with van der Waals surface area (Å²) in [5.41, 5.74) is 2.83. The van der Waals surface area contributed by atoms with Crippen molar-refractivity contribution in [3.05, 3.63) is 0 Å². The van der Waals surface area contributed by atoms with Gasteiger partial charge in [0, 0.05) is 6.04 Å². The molecule has 0 aliphatic carbocycles. The highest BCUT2D eigenvalue weighted by Gasteiger charge is 2.06. The normalized spacial score (nSPS) is 14.1. The summed E-state index contributed by atoms with van der Waals surface area (Å²) in [6.45, 7) is 6.63. The molecule has 0 saturated heterocycles. The second-order valence-corrected chi connectivity index (χ2v) is 3.28. The number of hydrogen-bond acceptors (Lipinski definition) is 2. The molecule has 10 heavy (non-hydrogen) atoms. The third-order valence-electron chi connectivity index (χ3n) is 1.63. The summed E-state index contributed by atoms with van der Waals surface area (Å²) in [5, 5.41) is 0. The minimum absolute atomic E-state index is 0.519. The Kier molecular flexibility index (Phi) is 5.64. The van der Waals surface area contributed by atoms with Gasteiger partial charge in [0.2, 0.25) is 0 Å². The number of nitrogens with two attached hydrogens (primary N) is 1. The van der Waals surface area contributed by atoms with E-state index < -0.39 is 0 Å². The van der Waals surface area contributed by atoms with Crippen LogP contribution in [0.4, 0.5) is 0 Å². The van der Waals surface area contributed by atoms with E-state index in [4.69, 9.17) is 5.84 Å². The van der Waals surface area contributed by atoms with Crippen LogP contribution in [0.15, 0.2) is 0 Å². The van der Waals surface area contributed by atoms with E-state index in [1.54, 1.807) is 0 Å². The predicted octanol–water partition coefficient (Wildman–Crippen LogP) is 1.66. The van der Waals surface area contributed by atoms with E-state index in [0.29, 0.717) is 6.04 Å². The van der Waals surface area contributed by atoms with Crippen LogP contribution in [-0.4, -0.2) is 6.04 Å². The molecule has 0 aliphatic heterocycles. The van der Waals surface area contributed by atoms with Gasteiger partial charge in [-0.2, -0.15) is 0 Å². The monoisotopic (exact) mass is 144 g/mol. The van der Waals surface area contributed by atoms with E-state index >= 15 is 0 Å². The Balaban J connectivity index is 3.39. The Hall–Kier alpha value is -0.0800. The maximum absolute atomic E-state index is 5.36. The van der Waals surface area contributed by atoms with E-state index in [1.165, 1.54) is 19.3 Å². The highest BCUT2D eigenvalue weighted by molar-refractivity contribution is 4.63. The fraction of sp³-hybridized carbons (Fsp3) is 1.00. The average Bonchev–Trinajstić information content (AvgIpc) is 1.86. The second kappa shape index (κ2) is 5.69. The third kappa shape index (κ3) is 4.77. The Morgan fingerprint density at radius 3 is 2.30 bits per heavy atom. The molecule has 0 saturated carbocycles. The molecule has 0 aromatic heterocycles. The van der Waals surface area contributed by atoms with Crippen molar-refractivity contribution in [2.24, 2.45) is 11.8 Å². The SMILES string of the molecule is CCCC(CC(C)C)NN. The van der Waals surface area contributed by atoms with E-state index in [9.17, 15) is 0 Å². The van der Waals surface area contributed by atoms with Gasteiger partial charge >= 0.3 is 0 Å². The predicted molar refractivity (Wildman–Crippen MR) is 45.5 cm³/mol. The van der Waals surface area contributed by atoms with Gasteiger partial charge in [0.25, 0.3) is 0 Å². The highest BCUT2D eigenvalue weighted by Crippen LogP contribution is 2.08. The fourth-order valence-corrected chi connectivity index (χ4v) is 1.19. The lowest BCUT2D eigenvalue weighted by molar-refractivity contribution is 0.402. The smallest absolute Gasteiger partial charge is 0.0212 e. The summed E-state index contributed by atoms with van der Waals surface area (Å²) in [5.74, 6) is 6.10. The summed E-state index contributed by atoms with van der Waals surface area (Å²) >= 11 is 0. The van der Waals surface area contributed by atoms with Crippen LogP contribution < -0.4 is 11.3 Å². The standard InChI is InChI=1S/C8H20N2/c1-4-5-8(10-9)6-7(2)3/h7-8,10H,4-6,9H2,1-3H3. The zero-order valence-corrected chi connectivity index (χ0v) is 7.35. The van der Waals surface area contributed by atoms with Crippen molar-refractivity contribution < 1.29 is 0 Å². The molecule has 0 aromatic rings. The lowest BCUT2D eigenvalue weighted by Crippen LogP contribution is -2.35. The van der Waals surface area contributed by atoms with Gasteiger partial charge in [0.05, 0.1) is 0 Å².